The number of halogens is 2. The molecule has 0 amide bonds. The maximum absolute atomic E-state index is 12.8. The quantitative estimate of drug-likeness (QED) is 0.136. The van der Waals surface area contributed by atoms with Crippen LogP contribution in [-0.4, -0.2) is 5.78 Å². The van der Waals surface area contributed by atoms with Gasteiger partial charge >= 0.3 is 0 Å². The molecule has 8 rings (SSSR count). The fourth-order valence-corrected chi connectivity index (χ4v) is 7.26. The number of carbonyl (C=O) groups excluding carboxylic acids is 1. The van der Waals surface area contributed by atoms with Crippen LogP contribution in [0.4, 0.5) is 0 Å². The number of benzene rings is 7. The standard InChI is InChI=1S/C30H14Br2O/c31-22-3-1-2-14-10-15-4-6-18-13-21-27-16(11-19-24(33)9-8-23(32)30(19)21)5-7-17-12-20(25(14)22)26(15)28(18)29(17)27/h1-8,10-13H,9H2. The van der Waals surface area contributed by atoms with Crippen molar-refractivity contribution in [2.75, 3.05) is 0 Å². The molecule has 0 aliphatic heterocycles. The van der Waals surface area contributed by atoms with Crippen molar-refractivity contribution in [3.8, 4) is 0 Å². The van der Waals surface area contributed by atoms with Crippen molar-refractivity contribution < 1.29 is 4.79 Å². The van der Waals surface area contributed by atoms with Gasteiger partial charge in [0.05, 0.1) is 0 Å². The molecule has 7 aromatic carbocycles. The summed E-state index contributed by atoms with van der Waals surface area (Å²) in [6.45, 7) is 0. The molecular weight excluding hydrogens is 536 g/mol. The summed E-state index contributed by atoms with van der Waals surface area (Å²) < 4.78 is 2.14. The number of allylic oxidation sites excluding steroid dienone is 1. The van der Waals surface area contributed by atoms with Crippen LogP contribution in [0, 0.1) is 0 Å². The largest absolute Gasteiger partial charge is 0.294 e. The highest BCUT2D eigenvalue weighted by atomic mass is 79.9. The maximum Gasteiger partial charge on any atom is 0.167 e. The molecule has 0 heterocycles. The van der Waals surface area contributed by atoms with Gasteiger partial charge in [0.2, 0.25) is 0 Å². The Morgan fingerprint density at radius 3 is 1.97 bits per heavy atom. The van der Waals surface area contributed by atoms with E-state index in [1.165, 1.54) is 53.9 Å². The molecule has 33 heavy (non-hydrogen) atoms. The van der Waals surface area contributed by atoms with E-state index in [2.05, 4.69) is 98.6 Å². The SMILES string of the molecule is O=C1CC=C(Br)c2c1cc1ccc3cc4c5c(Br)cccc5cc5ccc6cc2c1c3c6c54. The minimum atomic E-state index is 0.187. The Morgan fingerprint density at radius 2 is 1.21 bits per heavy atom. The van der Waals surface area contributed by atoms with Crippen molar-refractivity contribution in [1.29, 1.82) is 0 Å². The summed E-state index contributed by atoms with van der Waals surface area (Å²) in [5.41, 5.74) is 1.85. The Labute approximate surface area is 205 Å². The van der Waals surface area contributed by atoms with E-state index in [1.54, 1.807) is 0 Å². The average molecular weight is 550 g/mol. The smallest absolute Gasteiger partial charge is 0.167 e. The van der Waals surface area contributed by atoms with Crippen LogP contribution in [0.25, 0.3) is 69.1 Å². The molecule has 0 bridgehead atoms. The van der Waals surface area contributed by atoms with Crippen molar-refractivity contribution in [2.45, 2.75) is 6.42 Å². The summed E-state index contributed by atoms with van der Waals surface area (Å²) in [4.78, 5) is 12.8. The zero-order chi connectivity index (χ0) is 22.0. The summed E-state index contributed by atoms with van der Waals surface area (Å²) in [6.07, 6.45) is 2.45. The van der Waals surface area contributed by atoms with Gasteiger partial charge in [-0.1, -0.05) is 74.3 Å². The zero-order valence-corrected chi connectivity index (χ0v) is 20.5. The Hall–Kier alpha value is -3.01. The molecule has 0 spiro atoms. The summed E-state index contributed by atoms with van der Waals surface area (Å²) in [5.74, 6) is 0.187. The molecule has 1 aliphatic rings. The number of rotatable bonds is 0. The number of Topliss-reactive ketones (excluding diaryl/α,β-unsaturated/α-hetero) is 1. The second-order valence-electron chi connectivity index (χ2n) is 9.06. The van der Waals surface area contributed by atoms with E-state index < -0.39 is 0 Å². The van der Waals surface area contributed by atoms with Gasteiger partial charge in [0.15, 0.2) is 5.78 Å². The highest BCUT2D eigenvalue weighted by Gasteiger charge is 2.25. The molecule has 0 fully saturated rings. The van der Waals surface area contributed by atoms with Crippen molar-refractivity contribution in [3.63, 3.8) is 0 Å². The van der Waals surface area contributed by atoms with E-state index >= 15 is 0 Å². The van der Waals surface area contributed by atoms with Crippen LogP contribution in [-0.2, 0) is 0 Å². The van der Waals surface area contributed by atoms with E-state index in [1.807, 2.05) is 6.08 Å². The summed E-state index contributed by atoms with van der Waals surface area (Å²) >= 11 is 7.58. The lowest BCUT2D eigenvalue weighted by Crippen LogP contribution is -2.07. The second kappa shape index (κ2) is 6.11. The second-order valence-corrected chi connectivity index (χ2v) is 10.8. The van der Waals surface area contributed by atoms with Crippen LogP contribution in [0.2, 0.25) is 0 Å². The van der Waals surface area contributed by atoms with Gasteiger partial charge in [0, 0.05) is 31.9 Å². The van der Waals surface area contributed by atoms with Crippen LogP contribution in [0.3, 0.4) is 0 Å². The topological polar surface area (TPSA) is 17.1 Å². The van der Waals surface area contributed by atoms with E-state index in [-0.39, 0.29) is 5.78 Å². The molecule has 0 saturated carbocycles. The van der Waals surface area contributed by atoms with Gasteiger partial charge in [-0.05, 0) is 89.6 Å². The zero-order valence-electron chi connectivity index (χ0n) is 17.3. The predicted octanol–water partition coefficient (Wildman–Crippen LogP) is 9.57. The molecule has 0 aromatic heterocycles. The van der Waals surface area contributed by atoms with Gasteiger partial charge in [-0.15, -0.1) is 0 Å². The lowest BCUT2D eigenvalue weighted by molar-refractivity contribution is 0.0994. The van der Waals surface area contributed by atoms with E-state index in [9.17, 15) is 4.79 Å². The minimum Gasteiger partial charge on any atom is -0.294 e. The van der Waals surface area contributed by atoms with Crippen LogP contribution in [0.15, 0.2) is 77.3 Å². The van der Waals surface area contributed by atoms with Crippen LogP contribution in [0.1, 0.15) is 22.3 Å². The molecule has 1 aliphatic carbocycles. The van der Waals surface area contributed by atoms with Crippen molar-refractivity contribution >= 4 is 107 Å². The number of ketones is 1. The fourth-order valence-electron chi connectivity index (χ4n) is 6.08. The number of hydrogen-bond acceptors (Lipinski definition) is 1. The molecule has 1 nitrogen and oxygen atoms in total. The molecule has 3 heteroatoms. The lowest BCUT2D eigenvalue weighted by atomic mass is 9.82. The summed E-state index contributed by atoms with van der Waals surface area (Å²) in [6, 6.07) is 24.3. The highest BCUT2D eigenvalue weighted by molar-refractivity contribution is 9.15. The molecule has 0 saturated heterocycles. The van der Waals surface area contributed by atoms with Crippen LogP contribution < -0.4 is 0 Å². The van der Waals surface area contributed by atoms with Crippen LogP contribution in [0.5, 0.6) is 0 Å². The summed E-state index contributed by atoms with van der Waals surface area (Å²) in [7, 11) is 0. The van der Waals surface area contributed by atoms with Gasteiger partial charge in [-0.3, -0.25) is 4.79 Å². The first-order chi connectivity index (χ1) is 16.1. The van der Waals surface area contributed by atoms with E-state index in [4.69, 9.17) is 0 Å². The first kappa shape index (κ1) is 18.4. The molecule has 0 unspecified atom stereocenters. The predicted molar refractivity (Wildman–Crippen MR) is 147 cm³/mol. The van der Waals surface area contributed by atoms with Crippen molar-refractivity contribution in [3.05, 3.63) is 88.4 Å². The van der Waals surface area contributed by atoms with Crippen LogP contribution >= 0.6 is 31.9 Å². The average Bonchev–Trinajstić information content (AvgIpc) is 2.82. The lowest BCUT2D eigenvalue weighted by Gasteiger charge is -2.22. The molecule has 0 radical (unpaired) electrons. The first-order valence-electron chi connectivity index (χ1n) is 11.0. The molecule has 154 valence electrons. The first-order valence-corrected chi connectivity index (χ1v) is 12.6. The molecular formula is C30H14Br2O. The normalized spacial score (nSPS) is 14.5. The minimum absolute atomic E-state index is 0.187. The Kier molecular flexibility index (Phi) is 3.41. The number of fused-ring (bicyclic) bond motifs is 4. The maximum atomic E-state index is 12.8. The number of carbonyl (C=O) groups is 1. The third kappa shape index (κ3) is 2.20. The monoisotopic (exact) mass is 548 g/mol. The molecule has 0 N–H and O–H groups in total. The summed E-state index contributed by atoms with van der Waals surface area (Å²) in [5, 5.41) is 15.0. The third-order valence-corrected chi connectivity index (χ3v) is 8.78. The number of hydrogen-bond donors (Lipinski definition) is 0. The van der Waals surface area contributed by atoms with Gasteiger partial charge in [-0.25, -0.2) is 0 Å². The van der Waals surface area contributed by atoms with Crippen molar-refractivity contribution in [1.82, 2.24) is 0 Å². The molecule has 7 aromatic rings. The van der Waals surface area contributed by atoms with E-state index in [0.29, 0.717) is 6.42 Å². The van der Waals surface area contributed by atoms with Gasteiger partial charge in [0.1, 0.15) is 0 Å². The molecule has 0 atom stereocenters. The van der Waals surface area contributed by atoms with Crippen molar-refractivity contribution in [2.24, 2.45) is 0 Å². The fraction of sp³-hybridized carbons (Fsp3) is 0.0333. The third-order valence-electron chi connectivity index (χ3n) is 7.40. The van der Waals surface area contributed by atoms with Gasteiger partial charge < -0.3 is 0 Å². The Bertz CT molecular complexity index is 2030. The Morgan fingerprint density at radius 1 is 0.606 bits per heavy atom. The van der Waals surface area contributed by atoms with Gasteiger partial charge in [-0.2, -0.15) is 0 Å². The highest BCUT2D eigenvalue weighted by Crippen LogP contribution is 2.49. The Balaban J connectivity index is 1.72. The van der Waals surface area contributed by atoms with Gasteiger partial charge in [0.25, 0.3) is 0 Å². The van der Waals surface area contributed by atoms with E-state index in [0.717, 1.165) is 30.9 Å².